The van der Waals surface area contributed by atoms with Gasteiger partial charge < -0.3 is 14.5 Å². The summed E-state index contributed by atoms with van der Waals surface area (Å²) in [5.41, 5.74) is 0.736. The molecule has 0 aromatic heterocycles. The summed E-state index contributed by atoms with van der Waals surface area (Å²) in [5.74, 6) is 0.947. The highest BCUT2D eigenvalue weighted by molar-refractivity contribution is 5.77. The molecule has 2 aromatic carbocycles. The minimum Gasteiger partial charge on any atom is -0.484 e. The van der Waals surface area contributed by atoms with Gasteiger partial charge in [0.05, 0.1) is 0 Å². The molecule has 1 aliphatic rings. The van der Waals surface area contributed by atoms with E-state index >= 15 is 0 Å². The molecule has 0 saturated carbocycles. The van der Waals surface area contributed by atoms with Crippen molar-refractivity contribution in [1.82, 2.24) is 14.7 Å². The number of likely N-dealkylation sites (tertiary alicyclic amines) is 1. The van der Waals surface area contributed by atoms with E-state index in [4.69, 9.17) is 4.74 Å². The first-order chi connectivity index (χ1) is 15.0. The third kappa shape index (κ3) is 7.64. The second-order valence-electron chi connectivity index (χ2n) is 8.58. The van der Waals surface area contributed by atoms with Crippen molar-refractivity contribution in [3.05, 3.63) is 66.0 Å². The Morgan fingerprint density at radius 1 is 1.10 bits per heavy atom. The summed E-state index contributed by atoms with van der Waals surface area (Å²) in [5, 5.41) is 0. The highest BCUT2D eigenvalue weighted by atomic mass is 19.1. The Labute approximate surface area is 185 Å². The molecule has 0 spiro atoms. The summed E-state index contributed by atoms with van der Waals surface area (Å²) in [6.07, 6.45) is 2.15. The second kappa shape index (κ2) is 11.8. The molecule has 0 radical (unpaired) electrons. The summed E-state index contributed by atoms with van der Waals surface area (Å²) in [7, 11) is 4.03. The molecule has 31 heavy (non-hydrogen) atoms. The van der Waals surface area contributed by atoms with Crippen LogP contribution in [-0.2, 0) is 11.3 Å². The van der Waals surface area contributed by atoms with Gasteiger partial charge in [-0.1, -0.05) is 36.4 Å². The van der Waals surface area contributed by atoms with E-state index in [1.165, 1.54) is 6.07 Å². The van der Waals surface area contributed by atoms with Crippen LogP contribution in [0.15, 0.2) is 54.6 Å². The number of halogens is 1. The number of likely N-dealkylation sites (N-methyl/N-ethyl adjacent to an activating group) is 1. The summed E-state index contributed by atoms with van der Waals surface area (Å²) in [4.78, 5) is 19.3. The maximum absolute atomic E-state index is 14.1. The van der Waals surface area contributed by atoms with Gasteiger partial charge in [0.1, 0.15) is 11.6 Å². The van der Waals surface area contributed by atoms with Gasteiger partial charge in [0.15, 0.2) is 6.61 Å². The van der Waals surface area contributed by atoms with Crippen molar-refractivity contribution >= 4 is 5.91 Å². The molecule has 1 heterocycles. The normalized spacial score (nSPS) is 17.0. The predicted octanol–water partition coefficient (Wildman–Crippen LogP) is 3.51. The average molecular weight is 428 g/mol. The lowest BCUT2D eigenvalue weighted by atomic mass is 9.96. The van der Waals surface area contributed by atoms with Crippen molar-refractivity contribution in [2.24, 2.45) is 5.92 Å². The van der Waals surface area contributed by atoms with Crippen molar-refractivity contribution in [3.8, 4) is 5.75 Å². The molecular formula is C25H34FN3O2. The predicted molar refractivity (Wildman–Crippen MR) is 121 cm³/mol. The van der Waals surface area contributed by atoms with Crippen LogP contribution >= 0.6 is 0 Å². The maximum atomic E-state index is 14.1. The van der Waals surface area contributed by atoms with Gasteiger partial charge in [-0.15, -0.1) is 0 Å². The molecule has 1 amide bonds. The average Bonchev–Trinajstić information content (AvgIpc) is 2.77. The zero-order chi connectivity index (χ0) is 22.1. The van der Waals surface area contributed by atoms with Gasteiger partial charge in [-0.05, 0) is 57.6 Å². The van der Waals surface area contributed by atoms with Gasteiger partial charge in [-0.2, -0.15) is 0 Å². The second-order valence-corrected chi connectivity index (χ2v) is 8.58. The number of para-hydroxylation sites is 1. The van der Waals surface area contributed by atoms with Crippen LogP contribution in [0.3, 0.4) is 0 Å². The summed E-state index contributed by atoms with van der Waals surface area (Å²) >= 11 is 0. The Morgan fingerprint density at radius 3 is 2.58 bits per heavy atom. The standard InChI is InChI=1S/C25H34FN3O2/c1-27(2)15-16-29(25(30)20-31-23-11-4-3-5-12-23)18-21-9-8-14-28(17-21)19-22-10-6-7-13-24(22)26/h3-7,10-13,21H,8-9,14-20H2,1-2H3/t21-/m1/s1. The number of carbonyl (C=O) groups excluding carboxylic acids is 1. The number of ether oxygens (including phenoxy) is 1. The van der Waals surface area contributed by atoms with Gasteiger partial charge in [0.2, 0.25) is 0 Å². The number of benzene rings is 2. The molecule has 6 heteroatoms. The first kappa shape index (κ1) is 23.2. The number of hydrogen-bond acceptors (Lipinski definition) is 4. The summed E-state index contributed by atoms with van der Waals surface area (Å²) < 4.78 is 19.8. The van der Waals surface area contributed by atoms with Crippen molar-refractivity contribution in [3.63, 3.8) is 0 Å². The molecule has 1 saturated heterocycles. The van der Waals surface area contributed by atoms with Crippen LogP contribution in [0.25, 0.3) is 0 Å². The highest BCUT2D eigenvalue weighted by Crippen LogP contribution is 2.21. The lowest BCUT2D eigenvalue weighted by Gasteiger charge is -2.36. The first-order valence-electron chi connectivity index (χ1n) is 11.1. The fourth-order valence-electron chi connectivity index (χ4n) is 4.01. The van der Waals surface area contributed by atoms with Gasteiger partial charge in [0.25, 0.3) is 5.91 Å². The van der Waals surface area contributed by atoms with E-state index in [9.17, 15) is 9.18 Å². The number of nitrogens with zero attached hydrogens (tertiary/aromatic N) is 3. The van der Waals surface area contributed by atoms with Crippen LogP contribution in [0.1, 0.15) is 18.4 Å². The van der Waals surface area contributed by atoms with Gasteiger partial charge in [0, 0.05) is 38.3 Å². The third-order valence-corrected chi connectivity index (χ3v) is 5.71. The van der Waals surface area contributed by atoms with Gasteiger partial charge in [-0.25, -0.2) is 4.39 Å². The van der Waals surface area contributed by atoms with Gasteiger partial charge >= 0.3 is 0 Å². The van der Waals surface area contributed by atoms with E-state index in [1.807, 2.05) is 61.5 Å². The van der Waals surface area contributed by atoms with Crippen molar-refractivity contribution in [1.29, 1.82) is 0 Å². The number of amides is 1. The summed E-state index contributed by atoms with van der Waals surface area (Å²) in [6, 6.07) is 16.4. The lowest BCUT2D eigenvalue weighted by Crippen LogP contribution is -2.46. The molecule has 0 N–H and O–H groups in total. The maximum Gasteiger partial charge on any atom is 0.260 e. The zero-order valence-electron chi connectivity index (χ0n) is 18.7. The molecule has 2 aromatic rings. The topological polar surface area (TPSA) is 36.0 Å². The quantitative estimate of drug-likeness (QED) is 0.581. The minimum absolute atomic E-state index is 0.0110. The van der Waals surface area contributed by atoms with E-state index in [2.05, 4.69) is 9.80 Å². The number of hydrogen-bond donors (Lipinski definition) is 0. The molecule has 5 nitrogen and oxygen atoms in total. The zero-order valence-corrected chi connectivity index (χ0v) is 18.7. The molecule has 3 rings (SSSR count). The highest BCUT2D eigenvalue weighted by Gasteiger charge is 2.25. The Bertz CT molecular complexity index is 815. The van der Waals surface area contributed by atoms with E-state index in [-0.39, 0.29) is 18.3 Å². The van der Waals surface area contributed by atoms with E-state index in [0.29, 0.717) is 31.3 Å². The Hall–Kier alpha value is -2.44. The fraction of sp³-hybridized carbons (Fsp3) is 0.480. The fourth-order valence-corrected chi connectivity index (χ4v) is 4.01. The molecule has 0 bridgehead atoms. The van der Waals surface area contributed by atoms with Crippen LogP contribution in [0.2, 0.25) is 0 Å². The van der Waals surface area contributed by atoms with Crippen molar-refractivity contribution < 1.29 is 13.9 Å². The third-order valence-electron chi connectivity index (χ3n) is 5.71. The number of carbonyl (C=O) groups is 1. The van der Waals surface area contributed by atoms with Crippen LogP contribution in [0.5, 0.6) is 5.75 Å². The molecular weight excluding hydrogens is 393 g/mol. The van der Waals surface area contributed by atoms with Crippen LogP contribution in [0.4, 0.5) is 4.39 Å². The minimum atomic E-state index is -0.148. The van der Waals surface area contributed by atoms with Gasteiger partial charge in [-0.3, -0.25) is 9.69 Å². The van der Waals surface area contributed by atoms with Crippen LogP contribution in [0, 0.1) is 11.7 Å². The van der Waals surface area contributed by atoms with Crippen LogP contribution in [-0.4, -0.2) is 74.0 Å². The van der Waals surface area contributed by atoms with Crippen molar-refractivity contribution in [2.45, 2.75) is 19.4 Å². The SMILES string of the molecule is CN(C)CCN(C[C@@H]1CCCN(Cc2ccccc2F)C1)C(=O)COc1ccccc1. The summed E-state index contributed by atoms with van der Waals surface area (Å²) in [6.45, 7) is 4.69. The lowest BCUT2D eigenvalue weighted by molar-refractivity contribution is -0.134. The Balaban J connectivity index is 1.57. The first-order valence-corrected chi connectivity index (χ1v) is 11.1. The molecule has 0 aliphatic carbocycles. The van der Waals surface area contributed by atoms with E-state index < -0.39 is 0 Å². The smallest absolute Gasteiger partial charge is 0.260 e. The van der Waals surface area contributed by atoms with Crippen LogP contribution < -0.4 is 4.74 Å². The Kier molecular flexibility index (Phi) is 8.85. The van der Waals surface area contributed by atoms with E-state index in [1.54, 1.807) is 6.07 Å². The van der Waals surface area contributed by atoms with Crippen molar-refractivity contribution in [2.75, 3.05) is 53.4 Å². The molecule has 168 valence electrons. The molecule has 0 unspecified atom stereocenters. The molecule has 1 fully saturated rings. The van der Waals surface area contributed by atoms with E-state index in [0.717, 1.165) is 38.0 Å². The number of rotatable bonds is 10. The monoisotopic (exact) mass is 427 g/mol. The largest absolute Gasteiger partial charge is 0.484 e. The Morgan fingerprint density at radius 2 is 1.84 bits per heavy atom. The molecule has 1 aliphatic heterocycles. The number of piperidine rings is 1. The molecule has 1 atom stereocenters.